The van der Waals surface area contributed by atoms with E-state index < -0.39 is 0 Å². The summed E-state index contributed by atoms with van der Waals surface area (Å²) < 4.78 is 0. The van der Waals surface area contributed by atoms with E-state index >= 15 is 0 Å². The number of allylic oxidation sites excluding steroid dienone is 1. The van der Waals surface area contributed by atoms with Gasteiger partial charge in [-0.15, -0.1) is 0 Å². The molecule has 1 aromatic carbocycles. The van der Waals surface area contributed by atoms with Crippen LogP contribution < -0.4 is 0 Å². The van der Waals surface area contributed by atoms with Crippen molar-refractivity contribution in [3.63, 3.8) is 0 Å². The summed E-state index contributed by atoms with van der Waals surface area (Å²) in [5.74, 6) is 1.58. The highest BCUT2D eigenvalue weighted by Crippen LogP contribution is 2.40. The molecule has 0 aliphatic heterocycles. The molecule has 1 aliphatic carbocycles. The Balaban J connectivity index is 1.60. The fourth-order valence-electron chi connectivity index (χ4n) is 4.08. The van der Waals surface area contributed by atoms with Gasteiger partial charge in [0, 0.05) is 35.6 Å². The van der Waals surface area contributed by atoms with E-state index in [-0.39, 0.29) is 0 Å². The van der Waals surface area contributed by atoms with E-state index in [1.807, 2.05) is 55.0 Å². The molecule has 1 aliphatic rings. The van der Waals surface area contributed by atoms with Gasteiger partial charge in [-0.2, -0.15) is 5.26 Å². The number of aromatic nitrogens is 2. The summed E-state index contributed by atoms with van der Waals surface area (Å²) in [4.78, 5) is 8.91. The molecule has 3 nitrogen and oxygen atoms in total. The van der Waals surface area contributed by atoms with Crippen molar-refractivity contribution >= 4 is 6.08 Å². The molecule has 4 rings (SSSR count). The number of rotatable bonds is 3. The highest BCUT2D eigenvalue weighted by atomic mass is 14.7. The Morgan fingerprint density at radius 3 is 2.71 bits per heavy atom. The van der Waals surface area contributed by atoms with Crippen LogP contribution in [0.2, 0.25) is 0 Å². The molecule has 0 radical (unpaired) electrons. The predicted octanol–water partition coefficient (Wildman–Crippen LogP) is 5.64. The van der Waals surface area contributed by atoms with Crippen molar-refractivity contribution in [1.29, 1.82) is 5.26 Å². The van der Waals surface area contributed by atoms with Crippen molar-refractivity contribution in [2.45, 2.75) is 26.2 Å². The first-order valence-electron chi connectivity index (χ1n) is 9.74. The Bertz CT molecular complexity index is 1040. The summed E-state index contributed by atoms with van der Waals surface area (Å²) in [6.45, 7) is 4.65. The molecule has 2 heterocycles. The van der Waals surface area contributed by atoms with Gasteiger partial charge in [0.25, 0.3) is 0 Å². The number of nitriles is 1. The van der Waals surface area contributed by atoms with Gasteiger partial charge in [0.05, 0.1) is 17.3 Å². The summed E-state index contributed by atoms with van der Waals surface area (Å²) in [7, 11) is 0. The quantitative estimate of drug-likeness (QED) is 0.603. The zero-order valence-corrected chi connectivity index (χ0v) is 16.2. The molecule has 0 N–H and O–H groups in total. The number of pyridine rings is 2. The molecule has 138 valence electrons. The molecule has 28 heavy (non-hydrogen) atoms. The van der Waals surface area contributed by atoms with Crippen LogP contribution in [0.25, 0.3) is 17.2 Å². The second-order valence-corrected chi connectivity index (χ2v) is 7.63. The van der Waals surface area contributed by atoms with E-state index in [0.29, 0.717) is 23.3 Å². The van der Waals surface area contributed by atoms with Crippen molar-refractivity contribution < 1.29 is 0 Å². The fraction of sp³-hybridized carbons (Fsp3) is 0.240. The zero-order valence-electron chi connectivity index (χ0n) is 16.2. The third kappa shape index (κ3) is 3.46. The van der Waals surface area contributed by atoms with Gasteiger partial charge in [-0.1, -0.05) is 44.2 Å². The molecule has 3 aromatic rings. The van der Waals surface area contributed by atoms with Gasteiger partial charge in [-0.25, -0.2) is 0 Å². The molecule has 0 fully saturated rings. The molecule has 2 aromatic heterocycles. The van der Waals surface area contributed by atoms with Crippen LogP contribution in [0, 0.1) is 23.2 Å². The van der Waals surface area contributed by atoms with Crippen molar-refractivity contribution in [1.82, 2.24) is 9.97 Å². The van der Waals surface area contributed by atoms with Crippen LogP contribution in [-0.4, -0.2) is 9.97 Å². The van der Waals surface area contributed by atoms with Crippen LogP contribution in [0.5, 0.6) is 0 Å². The normalized spacial score (nSPS) is 21.2. The maximum Gasteiger partial charge on any atom is 0.0998 e. The smallest absolute Gasteiger partial charge is 0.0998 e. The standard InChI is InChI=1S/C25H23N3/c1-17-13-21-15-27-12-11-25(21)23(18(17)2)10-9-22-8-7-20(16-28-22)24-6-4-3-5-19(24)14-26/h3-12,15-18,23H,13H2,1-2H3/t17-,18+,23-/m0/s1. The zero-order chi connectivity index (χ0) is 19.5. The van der Waals surface area contributed by atoms with E-state index in [4.69, 9.17) is 0 Å². The largest absolute Gasteiger partial charge is 0.264 e. The molecule has 0 saturated heterocycles. The van der Waals surface area contributed by atoms with Gasteiger partial charge in [0.1, 0.15) is 0 Å². The van der Waals surface area contributed by atoms with Gasteiger partial charge < -0.3 is 0 Å². The summed E-state index contributed by atoms with van der Waals surface area (Å²) in [5.41, 5.74) is 6.23. The Hall–Kier alpha value is -3.25. The highest BCUT2D eigenvalue weighted by molar-refractivity contribution is 5.70. The molecular formula is C25H23N3. The van der Waals surface area contributed by atoms with Gasteiger partial charge in [0.2, 0.25) is 0 Å². The van der Waals surface area contributed by atoms with Crippen LogP contribution in [-0.2, 0) is 6.42 Å². The third-order valence-corrected chi connectivity index (χ3v) is 5.93. The van der Waals surface area contributed by atoms with Crippen molar-refractivity contribution in [3.05, 3.63) is 89.5 Å². The summed E-state index contributed by atoms with van der Waals surface area (Å²) in [5, 5.41) is 9.30. The Morgan fingerprint density at radius 2 is 1.93 bits per heavy atom. The number of benzene rings is 1. The van der Waals surface area contributed by atoms with E-state index in [0.717, 1.165) is 23.2 Å². The topological polar surface area (TPSA) is 49.6 Å². The molecule has 0 saturated carbocycles. The van der Waals surface area contributed by atoms with Crippen LogP contribution in [0.4, 0.5) is 0 Å². The lowest BCUT2D eigenvalue weighted by molar-refractivity contribution is 0.331. The van der Waals surface area contributed by atoms with Gasteiger partial charge in [-0.3, -0.25) is 9.97 Å². The molecule has 0 spiro atoms. The maximum atomic E-state index is 9.30. The van der Waals surface area contributed by atoms with E-state index in [9.17, 15) is 5.26 Å². The van der Waals surface area contributed by atoms with Gasteiger partial charge >= 0.3 is 0 Å². The van der Waals surface area contributed by atoms with Crippen LogP contribution in [0.1, 0.15) is 42.1 Å². The number of fused-ring (bicyclic) bond motifs is 1. The average Bonchev–Trinajstić information content (AvgIpc) is 2.74. The lowest BCUT2D eigenvalue weighted by atomic mass is 9.71. The van der Waals surface area contributed by atoms with Crippen molar-refractivity contribution in [3.8, 4) is 17.2 Å². The molecule has 0 amide bonds. The van der Waals surface area contributed by atoms with Gasteiger partial charge in [-0.05, 0) is 53.7 Å². The fourth-order valence-corrected chi connectivity index (χ4v) is 4.08. The minimum absolute atomic E-state index is 0.377. The summed E-state index contributed by atoms with van der Waals surface area (Å²) in [6, 6.07) is 16.1. The van der Waals surface area contributed by atoms with Gasteiger partial charge in [0.15, 0.2) is 0 Å². The first-order chi connectivity index (χ1) is 13.7. The second kappa shape index (κ2) is 7.78. The van der Waals surface area contributed by atoms with Crippen molar-refractivity contribution in [2.24, 2.45) is 11.8 Å². The molecule has 3 heteroatoms. The molecule has 0 unspecified atom stereocenters. The Labute approximate surface area is 166 Å². The highest BCUT2D eigenvalue weighted by Gasteiger charge is 2.29. The number of hydrogen-bond acceptors (Lipinski definition) is 3. The lowest BCUT2D eigenvalue weighted by Gasteiger charge is -2.34. The van der Waals surface area contributed by atoms with Crippen molar-refractivity contribution in [2.75, 3.05) is 0 Å². The van der Waals surface area contributed by atoms with Crippen LogP contribution in [0.15, 0.2) is 67.1 Å². The number of nitrogens with zero attached hydrogens (tertiary/aromatic N) is 3. The molecule has 3 atom stereocenters. The van der Waals surface area contributed by atoms with E-state index in [1.54, 1.807) is 0 Å². The van der Waals surface area contributed by atoms with Crippen LogP contribution >= 0.6 is 0 Å². The Kier molecular flexibility index (Phi) is 5.04. The molecule has 0 bridgehead atoms. The minimum Gasteiger partial charge on any atom is -0.264 e. The predicted molar refractivity (Wildman–Crippen MR) is 112 cm³/mol. The Morgan fingerprint density at radius 1 is 1.07 bits per heavy atom. The monoisotopic (exact) mass is 365 g/mol. The number of hydrogen-bond donors (Lipinski definition) is 0. The summed E-state index contributed by atoms with van der Waals surface area (Å²) in [6.07, 6.45) is 11.2. The van der Waals surface area contributed by atoms with Crippen LogP contribution in [0.3, 0.4) is 0 Å². The lowest BCUT2D eigenvalue weighted by Crippen LogP contribution is -2.25. The SMILES string of the molecule is C[C@H]1[C@H](C=Cc2ccc(-c3ccccc3C#N)cn2)c2ccncc2C[C@@H]1C. The first kappa shape index (κ1) is 18.1. The minimum atomic E-state index is 0.377. The summed E-state index contributed by atoms with van der Waals surface area (Å²) >= 11 is 0. The third-order valence-electron chi connectivity index (χ3n) is 5.93. The van der Waals surface area contributed by atoms with E-state index in [1.165, 1.54) is 11.1 Å². The molecular weight excluding hydrogens is 342 g/mol. The van der Waals surface area contributed by atoms with E-state index in [2.05, 4.69) is 48.1 Å². The average molecular weight is 365 g/mol. The first-order valence-corrected chi connectivity index (χ1v) is 9.74. The maximum absolute atomic E-state index is 9.30. The second-order valence-electron chi connectivity index (χ2n) is 7.63.